The van der Waals surface area contributed by atoms with Gasteiger partial charge in [-0.1, -0.05) is 26.0 Å². The van der Waals surface area contributed by atoms with Gasteiger partial charge < -0.3 is 0 Å². The zero-order chi connectivity index (χ0) is 18.8. The summed E-state index contributed by atoms with van der Waals surface area (Å²) in [5.41, 5.74) is 3.02. The summed E-state index contributed by atoms with van der Waals surface area (Å²) < 4.78 is 13.7. The second kappa shape index (κ2) is 7.67. The molecule has 0 saturated heterocycles. The number of H-pyrrole nitrogens is 1. The summed E-state index contributed by atoms with van der Waals surface area (Å²) in [4.78, 5) is 17.9. The summed E-state index contributed by atoms with van der Waals surface area (Å²) in [6, 6.07) is 6.38. The van der Waals surface area contributed by atoms with Crippen molar-refractivity contribution in [3.8, 4) is 0 Å². The van der Waals surface area contributed by atoms with Crippen molar-refractivity contribution in [2.75, 3.05) is 5.32 Å². The molecule has 0 atom stereocenters. The van der Waals surface area contributed by atoms with Gasteiger partial charge in [-0.05, 0) is 46.5 Å². The smallest absolute Gasteiger partial charge is 0.279 e. The second-order valence-corrected chi connectivity index (χ2v) is 8.12. The van der Waals surface area contributed by atoms with Gasteiger partial charge in [0.05, 0.1) is 15.9 Å². The fourth-order valence-corrected chi connectivity index (χ4v) is 4.27. The number of nitrogens with zero attached hydrogens (tertiary/aromatic N) is 2. The van der Waals surface area contributed by atoms with Gasteiger partial charge in [0.2, 0.25) is 0 Å². The van der Waals surface area contributed by atoms with Crippen LogP contribution >= 0.6 is 27.3 Å². The predicted octanol–water partition coefficient (Wildman–Crippen LogP) is 5.04. The highest BCUT2D eigenvalue weighted by Crippen LogP contribution is 2.28. The number of aryl methyl sites for hydroxylation is 1. The molecule has 0 saturated carbocycles. The van der Waals surface area contributed by atoms with Crippen molar-refractivity contribution >= 4 is 38.3 Å². The minimum absolute atomic E-state index is 0.225. The van der Waals surface area contributed by atoms with Crippen LogP contribution in [0.1, 0.15) is 52.1 Å². The maximum absolute atomic E-state index is 13.0. The van der Waals surface area contributed by atoms with Crippen LogP contribution in [0.3, 0.4) is 0 Å². The van der Waals surface area contributed by atoms with Gasteiger partial charge in [0, 0.05) is 11.3 Å². The normalized spacial score (nSPS) is 11.2. The van der Waals surface area contributed by atoms with Crippen LogP contribution in [0.5, 0.6) is 0 Å². The molecule has 8 heteroatoms. The van der Waals surface area contributed by atoms with Crippen LogP contribution in [0.25, 0.3) is 0 Å². The van der Waals surface area contributed by atoms with E-state index in [2.05, 4.69) is 36.4 Å². The van der Waals surface area contributed by atoms with Crippen molar-refractivity contribution in [1.29, 1.82) is 0 Å². The molecule has 2 N–H and O–H groups in total. The zero-order valence-electron chi connectivity index (χ0n) is 14.6. The highest BCUT2D eigenvalue weighted by atomic mass is 79.9. The summed E-state index contributed by atoms with van der Waals surface area (Å²) in [7, 11) is 0. The minimum Gasteiger partial charge on any atom is -0.296 e. The van der Waals surface area contributed by atoms with E-state index in [4.69, 9.17) is 0 Å². The van der Waals surface area contributed by atoms with E-state index < -0.39 is 0 Å². The monoisotopic (exact) mass is 436 g/mol. The van der Waals surface area contributed by atoms with Crippen LogP contribution in [0.4, 0.5) is 9.52 Å². The molecule has 0 aliphatic rings. The average molecular weight is 437 g/mol. The molecule has 2 aromatic heterocycles. The first-order chi connectivity index (χ1) is 12.3. The molecule has 0 unspecified atom stereocenters. The average Bonchev–Trinajstić information content (AvgIpc) is 3.12. The van der Waals surface area contributed by atoms with Crippen molar-refractivity contribution in [1.82, 2.24) is 15.2 Å². The van der Waals surface area contributed by atoms with Crippen LogP contribution in [-0.2, 0) is 6.42 Å². The van der Waals surface area contributed by atoms with Gasteiger partial charge in [0.15, 0.2) is 10.8 Å². The first-order valence-electron chi connectivity index (χ1n) is 8.11. The largest absolute Gasteiger partial charge is 0.296 e. The van der Waals surface area contributed by atoms with Gasteiger partial charge in [-0.25, -0.2) is 9.37 Å². The van der Waals surface area contributed by atoms with E-state index >= 15 is 0 Å². The quantitative estimate of drug-likeness (QED) is 0.588. The van der Waals surface area contributed by atoms with E-state index in [0.29, 0.717) is 21.7 Å². The Morgan fingerprint density at radius 3 is 2.65 bits per heavy atom. The number of aromatic amines is 1. The number of nitrogens with one attached hydrogen (secondary N) is 2. The first kappa shape index (κ1) is 18.7. The highest BCUT2D eigenvalue weighted by molar-refractivity contribution is 9.10. The molecule has 1 aromatic carbocycles. The lowest BCUT2D eigenvalue weighted by atomic mass is 10.1. The van der Waals surface area contributed by atoms with Gasteiger partial charge in [-0.2, -0.15) is 5.10 Å². The molecule has 26 heavy (non-hydrogen) atoms. The van der Waals surface area contributed by atoms with Gasteiger partial charge in [-0.15, -0.1) is 11.3 Å². The Balaban J connectivity index is 1.74. The fraction of sp³-hybridized carbons (Fsp3) is 0.278. The van der Waals surface area contributed by atoms with Crippen molar-refractivity contribution in [2.24, 2.45) is 0 Å². The van der Waals surface area contributed by atoms with Crippen LogP contribution in [0, 0.1) is 12.7 Å². The maximum Gasteiger partial charge on any atom is 0.279 e. The van der Waals surface area contributed by atoms with Gasteiger partial charge in [0.25, 0.3) is 5.91 Å². The van der Waals surface area contributed by atoms with E-state index in [1.54, 1.807) is 12.1 Å². The topological polar surface area (TPSA) is 70.7 Å². The molecule has 0 radical (unpaired) electrons. The molecule has 3 rings (SSSR count). The summed E-state index contributed by atoms with van der Waals surface area (Å²) in [5, 5.41) is 10.3. The third kappa shape index (κ3) is 4.02. The first-order valence-corrected chi connectivity index (χ1v) is 9.72. The molecule has 0 fully saturated rings. The Labute approximate surface area is 163 Å². The molecular formula is C18H18BrFN4OS. The molecule has 3 aromatic rings. The maximum atomic E-state index is 13.0. The fourth-order valence-electron chi connectivity index (χ4n) is 2.46. The number of aromatic nitrogens is 3. The Kier molecular flexibility index (Phi) is 5.52. The molecular weight excluding hydrogens is 419 g/mol. The summed E-state index contributed by atoms with van der Waals surface area (Å²) in [6.45, 7) is 5.93. The Morgan fingerprint density at radius 2 is 2.04 bits per heavy atom. The second-order valence-electron chi connectivity index (χ2n) is 6.24. The van der Waals surface area contributed by atoms with Crippen molar-refractivity contribution < 1.29 is 9.18 Å². The van der Waals surface area contributed by atoms with Gasteiger partial charge in [0.1, 0.15) is 5.82 Å². The number of thiazole rings is 1. The molecule has 0 aliphatic carbocycles. The summed E-state index contributed by atoms with van der Waals surface area (Å²) >= 11 is 4.84. The third-order valence-electron chi connectivity index (χ3n) is 3.92. The Bertz CT molecular complexity index is 933. The van der Waals surface area contributed by atoms with E-state index in [1.807, 2.05) is 20.8 Å². The Hall–Kier alpha value is -2.06. The zero-order valence-corrected chi connectivity index (χ0v) is 17.0. The van der Waals surface area contributed by atoms with Crippen molar-refractivity contribution in [3.05, 3.63) is 62.1 Å². The number of halogens is 2. The number of amides is 1. The number of hydrogen-bond acceptors (Lipinski definition) is 4. The molecule has 0 spiro atoms. The lowest BCUT2D eigenvalue weighted by Crippen LogP contribution is -2.12. The molecule has 5 nitrogen and oxygen atoms in total. The SMILES string of the molecule is Cc1nc(NC(=O)c2n[nH]c(C(C)C)c2Br)sc1Cc1ccc(F)cc1. The number of carbonyl (C=O) groups is 1. The molecule has 0 bridgehead atoms. The number of hydrogen-bond donors (Lipinski definition) is 2. The lowest BCUT2D eigenvalue weighted by Gasteiger charge is -2.02. The van der Waals surface area contributed by atoms with Crippen LogP contribution < -0.4 is 5.32 Å². The lowest BCUT2D eigenvalue weighted by molar-refractivity contribution is 0.102. The van der Waals surface area contributed by atoms with Crippen molar-refractivity contribution in [2.45, 2.75) is 33.1 Å². The summed E-state index contributed by atoms with van der Waals surface area (Å²) in [6.07, 6.45) is 0.642. The number of anilines is 1. The van der Waals surface area contributed by atoms with Crippen LogP contribution in [0.15, 0.2) is 28.7 Å². The Morgan fingerprint density at radius 1 is 1.35 bits per heavy atom. The van der Waals surface area contributed by atoms with Crippen molar-refractivity contribution in [3.63, 3.8) is 0 Å². The van der Waals surface area contributed by atoms with E-state index in [1.165, 1.54) is 23.5 Å². The number of benzene rings is 1. The van der Waals surface area contributed by atoms with Gasteiger partial charge in [-0.3, -0.25) is 15.2 Å². The molecule has 2 heterocycles. The van der Waals surface area contributed by atoms with Crippen LogP contribution in [-0.4, -0.2) is 21.1 Å². The van der Waals surface area contributed by atoms with E-state index in [9.17, 15) is 9.18 Å². The standard InChI is InChI=1S/C18H18BrFN4OS/c1-9(2)15-14(19)16(24-23-15)17(25)22-18-21-10(3)13(26-18)8-11-4-6-12(20)7-5-11/h4-7,9H,8H2,1-3H3,(H,23,24)(H,21,22,25). The van der Waals surface area contributed by atoms with E-state index in [-0.39, 0.29) is 17.6 Å². The van der Waals surface area contributed by atoms with Crippen LogP contribution in [0.2, 0.25) is 0 Å². The molecule has 136 valence electrons. The third-order valence-corrected chi connectivity index (χ3v) is 5.79. The summed E-state index contributed by atoms with van der Waals surface area (Å²) in [5.74, 6) is -0.349. The molecule has 1 amide bonds. The highest BCUT2D eigenvalue weighted by Gasteiger charge is 2.20. The number of carbonyl (C=O) groups excluding carboxylic acids is 1. The predicted molar refractivity (Wildman–Crippen MR) is 104 cm³/mol. The minimum atomic E-state index is -0.317. The number of rotatable bonds is 5. The molecule has 0 aliphatic heterocycles. The van der Waals surface area contributed by atoms with E-state index in [0.717, 1.165) is 21.8 Å². The van der Waals surface area contributed by atoms with Gasteiger partial charge >= 0.3 is 0 Å².